The Hall–Kier alpha value is -7.30. The first-order valence-corrected chi connectivity index (χ1v) is 22.8. The lowest BCUT2D eigenvalue weighted by atomic mass is 9.90. The summed E-state index contributed by atoms with van der Waals surface area (Å²) in [5, 5.41) is 0. The zero-order chi connectivity index (χ0) is 46.3. The molecular formula is C61H64N4. The highest BCUT2D eigenvalue weighted by molar-refractivity contribution is 5.89. The standard InChI is InChI=1S/C30H29N3.C29H29N.C2H6/c1-3-23(24-8-10-25(11-9-24)28-6-4-16-32-20-28)18-22(2)19-30(31)27-14-12-26(13-15-27)29-7-5-17-33-21-29;1-20-12-6-9-15-24(20)26-19-29(30(5)28-17-11-8-14-22(28)3)27(18-23(26)4)25-16-10-7-13-21(25)2;1-2/h4-21,23H,3,31H2,1-2H3;6-19H,1-5H3;1-2H3/b22-18-,30-19-;;. The van der Waals surface area contributed by atoms with Gasteiger partial charge in [0.2, 0.25) is 0 Å². The molecule has 0 radical (unpaired) electrons. The molecule has 0 fully saturated rings. The van der Waals surface area contributed by atoms with Gasteiger partial charge >= 0.3 is 0 Å². The van der Waals surface area contributed by atoms with E-state index in [4.69, 9.17) is 5.73 Å². The predicted molar refractivity (Wildman–Crippen MR) is 280 cm³/mol. The summed E-state index contributed by atoms with van der Waals surface area (Å²) >= 11 is 0. The minimum Gasteiger partial charge on any atom is -0.398 e. The van der Waals surface area contributed by atoms with E-state index in [1.165, 1.54) is 67.0 Å². The quantitative estimate of drug-likeness (QED) is 0.132. The van der Waals surface area contributed by atoms with E-state index in [-0.39, 0.29) is 0 Å². The number of aromatic nitrogens is 2. The average molecular weight is 853 g/mol. The van der Waals surface area contributed by atoms with Crippen LogP contribution in [0.4, 0.5) is 11.4 Å². The van der Waals surface area contributed by atoms with Crippen molar-refractivity contribution >= 4 is 17.1 Å². The zero-order valence-electron chi connectivity index (χ0n) is 39.7. The molecule has 2 heterocycles. The Morgan fingerprint density at radius 2 is 1.05 bits per heavy atom. The van der Waals surface area contributed by atoms with Crippen molar-refractivity contribution in [2.24, 2.45) is 5.73 Å². The van der Waals surface area contributed by atoms with E-state index in [2.05, 4.69) is 221 Å². The molecule has 1 unspecified atom stereocenters. The molecule has 0 saturated heterocycles. The normalized spacial score (nSPS) is 11.7. The monoisotopic (exact) mass is 853 g/mol. The molecule has 8 rings (SSSR count). The molecular weight excluding hydrogens is 789 g/mol. The Kier molecular flexibility index (Phi) is 16.6. The van der Waals surface area contributed by atoms with Crippen LogP contribution in [0.3, 0.4) is 0 Å². The first kappa shape index (κ1) is 47.2. The molecule has 2 N–H and O–H groups in total. The van der Waals surface area contributed by atoms with Gasteiger partial charge in [0, 0.05) is 60.4 Å². The fourth-order valence-corrected chi connectivity index (χ4v) is 8.29. The van der Waals surface area contributed by atoms with Gasteiger partial charge in [-0.15, -0.1) is 0 Å². The fourth-order valence-electron chi connectivity index (χ4n) is 8.29. The van der Waals surface area contributed by atoms with E-state index >= 15 is 0 Å². The zero-order valence-corrected chi connectivity index (χ0v) is 39.7. The van der Waals surface area contributed by atoms with Crippen molar-refractivity contribution in [2.75, 3.05) is 11.9 Å². The number of para-hydroxylation sites is 1. The molecule has 0 spiro atoms. The number of benzene rings is 6. The molecule has 0 aliphatic rings. The van der Waals surface area contributed by atoms with Crippen molar-refractivity contribution in [3.63, 3.8) is 0 Å². The van der Waals surface area contributed by atoms with Gasteiger partial charge in [0.1, 0.15) is 0 Å². The van der Waals surface area contributed by atoms with Crippen LogP contribution in [0.25, 0.3) is 50.2 Å². The number of aryl methyl sites for hydroxylation is 4. The third-order valence-electron chi connectivity index (χ3n) is 11.9. The van der Waals surface area contributed by atoms with Gasteiger partial charge in [0.05, 0.1) is 0 Å². The summed E-state index contributed by atoms with van der Waals surface area (Å²) in [6, 6.07) is 55.8. The summed E-state index contributed by atoms with van der Waals surface area (Å²) in [6.07, 6.45) is 12.7. The van der Waals surface area contributed by atoms with E-state index in [0.717, 1.165) is 39.9 Å². The third-order valence-corrected chi connectivity index (χ3v) is 11.9. The first-order chi connectivity index (χ1) is 31.6. The number of anilines is 2. The Morgan fingerprint density at radius 1 is 0.538 bits per heavy atom. The maximum absolute atomic E-state index is 6.43. The van der Waals surface area contributed by atoms with Gasteiger partial charge in [0.15, 0.2) is 0 Å². The summed E-state index contributed by atoms with van der Waals surface area (Å²) in [4.78, 5) is 10.7. The van der Waals surface area contributed by atoms with Crippen molar-refractivity contribution in [2.45, 2.75) is 67.7 Å². The van der Waals surface area contributed by atoms with Gasteiger partial charge in [-0.05, 0) is 150 Å². The van der Waals surface area contributed by atoms with Gasteiger partial charge < -0.3 is 10.6 Å². The van der Waals surface area contributed by atoms with Crippen LogP contribution < -0.4 is 10.6 Å². The van der Waals surface area contributed by atoms with Crippen LogP contribution in [0.1, 0.15) is 73.4 Å². The van der Waals surface area contributed by atoms with E-state index < -0.39 is 0 Å². The second-order valence-electron chi connectivity index (χ2n) is 16.4. The molecule has 0 aliphatic heterocycles. The van der Waals surface area contributed by atoms with Crippen molar-refractivity contribution in [1.29, 1.82) is 0 Å². The first-order valence-electron chi connectivity index (χ1n) is 22.8. The van der Waals surface area contributed by atoms with Gasteiger partial charge in [-0.2, -0.15) is 0 Å². The molecule has 0 saturated carbocycles. The number of hydrogen-bond donors (Lipinski definition) is 1. The fraction of sp³-hybridized carbons (Fsp3) is 0.180. The van der Waals surface area contributed by atoms with E-state index in [0.29, 0.717) is 5.92 Å². The largest absolute Gasteiger partial charge is 0.398 e. The minimum atomic E-state index is 0.338. The summed E-state index contributed by atoms with van der Waals surface area (Å²) in [5.41, 5.74) is 28.0. The third kappa shape index (κ3) is 11.8. The van der Waals surface area contributed by atoms with Gasteiger partial charge in [0.25, 0.3) is 0 Å². The van der Waals surface area contributed by atoms with Crippen LogP contribution in [-0.4, -0.2) is 17.0 Å². The second kappa shape index (κ2) is 22.9. The SMILES string of the molecule is CC.CCC(/C=C(C)\C=C(/N)c1ccc(-c2cccnc2)cc1)c1ccc(-c2cccnc2)cc1.Cc1ccccc1-c1cc(N(C)c2ccccc2C)c(-c2ccccc2C)cc1C. The maximum Gasteiger partial charge on any atom is 0.0494 e. The lowest BCUT2D eigenvalue weighted by molar-refractivity contribution is 0.801. The summed E-state index contributed by atoms with van der Waals surface area (Å²) in [6.45, 7) is 17.1. The molecule has 8 aromatic rings. The minimum absolute atomic E-state index is 0.338. The molecule has 0 aliphatic carbocycles. The van der Waals surface area contributed by atoms with Crippen molar-refractivity contribution in [3.05, 3.63) is 234 Å². The summed E-state index contributed by atoms with van der Waals surface area (Å²) in [7, 11) is 2.18. The Morgan fingerprint density at radius 3 is 1.55 bits per heavy atom. The van der Waals surface area contributed by atoms with E-state index in [9.17, 15) is 0 Å². The molecule has 4 heteroatoms. The molecule has 0 amide bonds. The number of nitrogens with two attached hydrogens (primary N) is 1. The average Bonchev–Trinajstić information content (AvgIpc) is 3.35. The molecule has 65 heavy (non-hydrogen) atoms. The Balaban J connectivity index is 0.000000208. The van der Waals surface area contributed by atoms with Crippen molar-refractivity contribution in [3.8, 4) is 44.5 Å². The Bertz CT molecular complexity index is 2820. The maximum atomic E-state index is 6.43. The predicted octanol–water partition coefficient (Wildman–Crippen LogP) is 16.3. The molecule has 6 aromatic carbocycles. The highest BCUT2D eigenvalue weighted by Gasteiger charge is 2.18. The van der Waals surface area contributed by atoms with Gasteiger partial charge in [-0.1, -0.05) is 160 Å². The van der Waals surface area contributed by atoms with E-state index in [1.807, 2.05) is 38.4 Å². The summed E-state index contributed by atoms with van der Waals surface area (Å²) in [5.74, 6) is 0.338. The molecule has 2 aromatic heterocycles. The topological polar surface area (TPSA) is 55.0 Å². The number of rotatable bonds is 11. The number of allylic oxidation sites excluding steroid dienone is 3. The van der Waals surface area contributed by atoms with Gasteiger partial charge in [-0.25, -0.2) is 0 Å². The molecule has 328 valence electrons. The molecule has 1 atom stereocenters. The van der Waals surface area contributed by atoms with Crippen LogP contribution in [0.2, 0.25) is 0 Å². The molecule has 0 bridgehead atoms. The van der Waals surface area contributed by atoms with Crippen LogP contribution >= 0.6 is 0 Å². The summed E-state index contributed by atoms with van der Waals surface area (Å²) < 4.78 is 0. The Labute approximate surface area is 388 Å². The van der Waals surface area contributed by atoms with Crippen molar-refractivity contribution in [1.82, 2.24) is 9.97 Å². The van der Waals surface area contributed by atoms with E-state index in [1.54, 1.807) is 12.4 Å². The number of pyridine rings is 2. The highest BCUT2D eigenvalue weighted by atomic mass is 15.1. The smallest absolute Gasteiger partial charge is 0.0494 e. The molecule has 4 nitrogen and oxygen atoms in total. The number of hydrogen-bond acceptors (Lipinski definition) is 4. The van der Waals surface area contributed by atoms with Crippen LogP contribution in [0.15, 0.2) is 200 Å². The lowest BCUT2D eigenvalue weighted by Crippen LogP contribution is -2.13. The van der Waals surface area contributed by atoms with Crippen LogP contribution in [0, 0.1) is 27.7 Å². The second-order valence-corrected chi connectivity index (χ2v) is 16.4. The van der Waals surface area contributed by atoms with Gasteiger partial charge in [-0.3, -0.25) is 9.97 Å². The highest BCUT2D eigenvalue weighted by Crippen LogP contribution is 2.42. The van der Waals surface area contributed by atoms with Crippen molar-refractivity contribution < 1.29 is 0 Å². The van der Waals surface area contributed by atoms with Crippen LogP contribution in [-0.2, 0) is 0 Å². The van der Waals surface area contributed by atoms with Crippen LogP contribution in [0.5, 0.6) is 0 Å². The lowest BCUT2D eigenvalue weighted by Gasteiger charge is -2.27. The number of nitrogens with zero attached hydrogens (tertiary/aromatic N) is 3.